The van der Waals surface area contributed by atoms with E-state index in [9.17, 15) is 4.79 Å². The van der Waals surface area contributed by atoms with Crippen LogP contribution in [0.5, 0.6) is 0 Å². The van der Waals surface area contributed by atoms with Gasteiger partial charge in [-0.1, -0.05) is 20.8 Å². The molecule has 92 valence electrons. The van der Waals surface area contributed by atoms with E-state index in [0.717, 1.165) is 6.54 Å². The second-order valence-corrected chi connectivity index (χ2v) is 4.54. The van der Waals surface area contributed by atoms with Gasteiger partial charge in [0.05, 0.1) is 12.5 Å². The van der Waals surface area contributed by atoms with E-state index in [1.807, 2.05) is 14.0 Å². The summed E-state index contributed by atoms with van der Waals surface area (Å²) in [6.07, 6.45) is 0.407. The monoisotopic (exact) mass is 225 g/mol. The van der Waals surface area contributed by atoms with Crippen molar-refractivity contribution in [2.75, 3.05) is 26.7 Å². The third-order valence-electron chi connectivity index (χ3n) is 2.32. The maximum absolute atomic E-state index is 12.1. The predicted molar refractivity (Wildman–Crippen MR) is 64.7 cm³/mol. The van der Waals surface area contributed by atoms with Crippen molar-refractivity contribution in [3.05, 3.63) is 0 Å². The van der Waals surface area contributed by atoms with Gasteiger partial charge in [0, 0.05) is 25.6 Å². The summed E-state index contributed by atoms with van der Waals surface area (Å²) in [4.78, 5) is 13.9. The van der Waals surface area contributed by atoms with Crippen LogP contribution >= 0.6 is 0 Å². The molecule has 1 atom stereocenters. The van der Waals surface area contributed by atoms with E-state index in [1.165, 1.54) is 0 Å². The van der Waals surface area contributed by atoms with Gasteiger partial charge >= 0.3 is 0 Å². The molecule has 16 heavy (non-hydrogen) atoms. The van der Waals surface area contributed by atoms with Crippen LogP contribution in [0.2, 0.25) is 0 Å². The zero-order chi connectivity index (χ0) is 12.6. The van der Waals surface area contributed by atoms with Crippen LogP contribution in [0, 0.1) is 23.2 Å². The first-order chi connectivity index (χ1) is 7.52. The van der Waals surface area contributed by atoms with Crippen molar-refractivity contribution in [1.82, 2.24) is 10.2 Å². The Morgan fingerprint density at radius 3 is 2.50 bits per heavy atom. The van der Waals surface area contributed by atoms with Crippen LogP contribution in [0.3, 0.4) is 0 Å². The first-order valence-electron chi connectivity index (χ1n) is 5.83. The van der Waals surface area contributed by atoms with E-state index in [4.69, 9.17) is 5.26 Å². The van der Waals surface area contributed by atoms with E-state index in [0.29, 0.717) is 25.4 Å². The van der Waals surface area contributed by atoms with E-state index >= 15 is 0 Å². The van der Waals surface area contributed by atoms with E-state index in [1.54, 1.807) is 4.90 Å². The molecule has 1 N–H and O–H groups in total. The minimum Gasteiger partial charge on any atom is -0.341 e. The lowest BCUT2D eigenvalue weighted by Gasteiger charge is -2.26. The average Bonchev–Trinajstić information content (AvgIpc) is 2.23. The standard InChI is InChI=1S/C12H23N3O/c1-10(2)9-15(7-5-6-13)12(16)11(3)8-14-4/h10-11,14H,5,7-9H2,1-4H3. The van der Waals surface area contributed by atoms with Crippen LogP contribution in [0.1, 0.15) is 27.2 Å². The quantitative estimate of drug-likeness (QED) is 0.709. The van der Waals surface area contributed by atoms with Crippen molar-refractivity contribution in [2.24, 2.45) is 11.8 Å². The van der Waals surface area contributed by atoms with Crippen LogP contribution in [-0.2, 0) is 4.79 Å². The molecule has 1 unspecified atom stereocenters. The van der Waals surface area contributed by atoms with Crippen molar-refractivity contribution >= 4 is 5.91 Å². The largest absolute Gasteiger partial charge is 0.341 e. The molecule has 0 aliphatic rings. The lowest BCUT2D eigenvalue weighted by Crippen LogP contribution is -2.41. The molecule has 0 rings (SSSR count). The van der Waals surface area contributed by atoms with Gasteiger partial charge in [-0.05, 0) is 13.0 Å². The highest BCUT2D eigenvalue weighted by Gasteiger charge is 2.20. The summed E-state index contributed by atoms with van der Waals surface area (Å²) >= 11 is 0. The van der Waals surface area contributed by atoms with Crippen molar-refractivity contribution in [1.29, 1.82) is 5.26 Å². The molecule has 0 fully saturated rings. The highest BCUT2D eigenvalue weighted by Crippen LogP contribution is 2.06. The number of hydrogen-bond donors (Lipinski definition) is 1. The van der Waals surface area contributed by atoms with Crippen LogP contribution in [0.15, 0.2) is 0 Å². The van der Waals surface area contributed by atoms with E-state index < -0.39 is 0 Å². The third-order valence-corrected chi connectivity index (χ3v) is 2.32. The number of nitrogens with one attached hydrogen (secondary N) is 1. The molecule has 0 saturated heterocycles. The molecule has 0 heterocycles. The fraction of sp³-hybridized carbons (Fsp3) is 0.833. The lowest BCUT2D eigenvalue weighted by atomic mass is 10.1. The molecule has 0 aromatic heterocycles. The van der Waals surface area contributed by atoms with Gasteiger partial charge in [-0.15, -0.1) is 0 Å². The molecule has 0 saturated carbocycles. The second kappa shape index (κ2) is 8.12. The SMILES string of the molecule is CNCC(C)C(=O)N(CCC#N)CC(C)C. The van der Waals surface area contributed by atoms with Gasteiger partial charge in [-0.25, -0.2) is 0 Å². The van der Waals surface area contributed by atoms with E-state index in [2.05, 4.69) is 25.2 Å². The van der Waals surface area contributed by atoms with Crippen LogP contribution in [0.4, 0.5) is 0 Å². The summed E-state index contributed by atoms with van der Waals surface area (Å²) in [5.41, 5.74) is 0. The Labute approximate surface area is 98.6 Å². The van der Waals surface area contributed by atoms with Gasteiger partial charge in [-0.2, -0.15) is 5.26 Å². The van der Waals surface area contributed by atoms with Gasteiger partial charge in [0.15, 0.2) is 0 Å². The molecule has 1 amide bonds. The number of carbonyl (C=O) groups excluding carboxylic acids is 1. The van der Waals surface area contributed by atoms with Crippen LogP contribution < -0.4 is 5.32 Å². The Bertz CT molecular complexity index is 245. The first-order valence-corrected chi connectivity index (χ1v) is 5.83. The van der Waals surface area contributed by atoms with Gasteiger partial charge in [0.1, 0.15) is 0 Å². The van der Waals surface area contributed by atoms with Crippen molar-refractivity contribution in [2.45, 2.75) is 27.2 Å². The minimum absolute atomic E-state index is 0.0255. The zero-order valence-corrected chi connectivity index (χ0v) is 10.8. The molecule has 4 heteroatoms. The fourth-order valence-corrected chi connectivity index (χ4v) is 1.62. The Balaban J connectivity index is 4.36. The van der Waals surface area contributed by atoms with Crippen LogP contribution in [-0.4, -0.2) is 37.5 Å². The number of hydrogen-bond acceptors (Lipinski definition) is 3. The fourth-order valence-electron chi connectivity index (χ4n) is 1.62. The molecule has 0 bridgehead atoms. The molecule has 0 aromatic carbocycles. The highest BCUT2D eigenvalue weighted by molar-refractivity contribution is 5.78. The average molecular weight is 225 g/mol. The number of amides is 1. The van der Waals surface area contributed by atoms with Gasteiger partial charge < -0.3 is 10.2 Å². The summed E-state index contributed by atoms with van der Waals surface area (Å²) in [6.45, 7) is 8.03. The lowest BCUT2D eigenvalue weighted by molar-refractivity contribution is -0.135. The molecule has 4 nitrogen and oxygen atoms in total. The molecular weight excluding hydrogens is 202 g/mol. The first kappa shape index (κ1) is 14.9. The summed E-state index contributed by atoms with van der Waals surface area (Å²) in [6, 6.07) is 2.09. The maximum Gasteiger partial charge on any atom is 0.226 e. The van der Waals surface area contributed by atoms with Gasteiger partial charge in [0.25, 0.3) is 0 Å². The van der Waals surface area contributed by atoms with E-state index in [-0.39, 0.29) is 11.8 Å². The molecule has 0 aliphatic carbocycles. The van der Waals surface area contributed by atoms with Gasteiger partial charge in [-0.3, -0.25) is 4.79 Å². The zero-order valence-electron chi connectivity index (χ0n) is 10.8. The summed E-state index contributed by atoms with van der Waals surface area (Å²) in [5, 5.41) is 11.6. The Kier molecular flexibility index (Phi) is 7.57. The topological polar surface area (TPSA) is 56.1 Å². The molecular formula is C12H23N3O. The summed E-state index contributed by atoms with van der Waals surface area (Å²) < 4.78 is 0. The molecule has 0 aromatic rings. The van der Waals surface area contributed by atoms with Crippen molar-refractivity contribution in [3.8, 4) is 6.07 Å². The van der Waals surface area contributed by atoms with Gasteiger partial charge in [0.2, 0.25) is 5.91 Å². The molecule has 0 spiro atoms. The molecule has 0 aliphatic heterocycles. The maximum atomic E-state index is 12.1. The third kappa shape index (κ3) is 5.72. The highest BCUT2D eigenvalue weighted by atomic mass is 16.2. The summed E-state index contributed by atoms with van der Waals surface area (Å²) in [5.74, 6) is 0.546. The summed E-state index contributed by atoms with van der Waals surface area (Å²) in [7, 11) is 1.84. The second-order valence-electron chi connectivity index (χ2n) is 4.54. The number of nitriles is 1. The van der Waals surface area contributed by atoms with Crippen molar-refractivity contribution in [3.63, 3.8) is 0 Å². The Morgan fingerprint density at radius 1 is 1.44 bits per heavy atom. The Hall–Kier alpha value is -1.08. The number of nitrogens with zero attached hydrogens (tertiary/aromatic N) is 2. The Morgan fingerprint density at radius 2 is 2.06 bits per heavy atom. The van der Waals surface area contributed by atoms with Crippen LogP contribution in [0.25, 0.3) is 0 Å². The van der Waals surface area contributed by atoms with Crippen molar-refractivity contribution < 1.29 is 4.79 Å². The predicted octanol–water partition coefficient (Wildman–Crippen LogP) is 1.24. The minimum atomic E-state index is -0.0255. The number of rotatable bonds is 7. The number of carbonyl (C=O) groups is 1. The molecule has 0 radical (unpaired) electrons. The smallest absolute Gasteiger partial charge is 0.226 e. The normalized spacial score (nSPS) is 12.2.